The number of nitrogens with one attached hydrogen (secondary N) is 1. The van der Waals surface area contributed by atoms with Crippen LogP contribution in [-0.2, 0) is 13.2 Å². The number of amides is 1. The largest absolute Gasteiger partial charge is 0.494 e. The topological polar surface area (TPSA) is 65.4 Å². The number of carbonyl (C=O) groups is 1. The molecule has 0 spiro atoms. The Hall–Kier alpha value is -2.80. The van der Waals surface area contributed by atoms with Gasteiger partial charge in [-0.15, -0.1) is 0 Å². The van der Waals surface area contributed by atoms with Crippen molar-refractivity contribution in [1.82, 2.24) is 15.1 Å². The van der Waals surface area contributed by atoms with E-state index in [0.29, 0.717) is 25.3 Å². The maximum atomic E-state index is 12.4. The van der Waals surface area contributed by atoms with Crippen LogP contribution in [0.2, 0.25) is 0 Å². The highest BCUT2D eigenvalue weighted by Gasteiger charge is 2.06. The summed E-state index contributed by atoms with van der Waals surface area (Å²) < 4.78 is 14.0. The summed E-state index contributed by atoms with van der Waals surface area (Å²) in [5.74, 6) is 1.49. The molecule has 1 N–H and O–H groups in total. The quantitative estimate of drug-likeness (QED) is 0.456. The van der Waals surface area contributed by atoms with Gasteiger partial charge in [0.05, 0.1) is 17.3 Å². The standard InChI is InChI=1S/C22H24BrN3O3/c1-2-28-20-7-9-21(10-8-20)29-16-17-5-3-6-18(13-17)22(27)24-11-4-12-26-15-19(23)14-25-26/h3,5-10,13-15H,2,4,11-12,16H2,1H3,(H,24,27). The predicted molar refractivity (Wildman–Crippen MR) is 115 cm³/mol. The Balaban J connectivity index is 1.45. The summed E-state index contributed by atoms with van der Waals surface area (Å²) in [5, 5.41) is 7.15. The fraction of sp³-hybridized carbons (Fsp3) is 0.273. The Kier molecular flexibility index (Phi) is 7.69. The number of halogens is 1. The Bertz CT molecular complexity index is 925. The molecule has 3 rings (SSSR count). The number of rotatable bonds is 10. The highest BCUT2D eigenvalue weighted by Crippen LogP contribution is 2.19. The summed E-state index contributed by atoms with van der Waals surface area (Å²) in [5.41, 5.74) is 1.56. The number of aryl methyl sites for hydroxylation is 1. The third-order valence-electron chi connectivity index (χ3n) is 4.18. The molecule has 0 aliphatic carbocycles. The maximum absolute atomic E-state index is 12.4. The lowest BCUT2D eigenvalue weighted by atomic mass is 10.1. The number of hydrogen-bond acceptors (Lipinski definition) is 4. The molecule has 29 heavy (non-hydrogen) atoms. The number of nitrogens with zero attached hydrogens (tertiary/aromatic N) is 2. The molecule has 0 unspecified atom stereocenters. The van der Waals surface area contributed by atoms with Gasteiger partial charge in [0.1, 0.15) is 18.1 Å². The van der Waals surface area contributed by atoms with Crippen LogP contribution in [0.3, 0.4) is 0 Å². The van der Waals surface area contributed by atoms with Gasteiger partial charge in [0.2, 0.25) is 0 Å². The average Bonchev–Trinajstić information content (AvgIpc) is 3.16. The van der Waals surface area contributed by atoms with Gasteiger partial charge in [-0.2, -0.15) is 5.10 Å². The third-order valence-corrected chi connectivity index (χ3v) is 4.59. The number of carbonyl (C=O) groups excluding carboxylic acids is 1. The van der Waals surface area contributed by atoms with E-state index in [1.165, 1.54) is 0 Å². The predicted octanol–water partition coefficient (Wildman–Crippen LogP) is 4.44. The van der Waals surface area contributed by atoms with Crippen molar-refractivity contribution < 1.29 is 14.3 Å². The second-order valence-corrected chi connectivity index (χ2v) is 7.34. The lowest BCUT2D eigenvalue weighted by Gasteiger charge is -2.10. The minimum atomic E-state index is -0.0884. The fourth-order valence-corrected chi connectivity index (χ4v) is 3.10. The second kappa shape index (κ2) is 10.7. The van der Waals surface area contributed by atoms with Crippen LogP contribution in [0, 0.1) is 0 Å². The van der Waals surface area contributed by atoms with Gasteiger partial charge >= 0.3 is 0 Å². The maximum Gasteiger partial charge on any atom is 0.251 e. The molecule has 0 bridgehead atoms. The van der Waals surface area contributed by atoms with Crippen molar-refractivity contribution in [3.05, 3.63) is 76.5 Å². The lowest BCUT2D eigenvalue weighted by molar-refractivity contribution is 0.0952. The van der Waals surface area contributed by atoms with Gasteiger partial charge in [-0.25, -0.2) is 0 Å². The normalized spacial score (nSPS) is 10.6. The van der Waals surface area contributed by atoms with Gasteiger partial charge in [0.25, 0.3) is 5.91 Å². The van der Waals surface area contributed by atoms with E-state index in [2.05, 4.69) is 26.3 Å². The van der Waals surface area contributed by atoms with Crippen molar-refractivity contribution in [3.63, 3.8) is 0 Å². The minimum absolute atomic E-state index is 0.0884. The van der Waals surface area contributed by atoms with Crippen molar-refractivity contribution in [1.29, 1.82) is 0 Å². The van der Waals surface area contributed by atoms with Crippen LogP contribution in [0.1, 0.15) is 29.3 Å². The molecule has 0 saturated carbocycles. The van der Waals surface area contributed by atoms with Gasteiger partial charge < -0.3 is 14.8 Å². The molecular formula is C22H24BrN3O3. The molecular weight excluding hydrogens is 434 g/mol. The highest BCUT2D eigenvalue weighted by molar-refractivity contribution is 9.10. The molecule has 152 valence electrons. The van der Waals surface area contributed by atoms with E-state index < -0.39 is 0 Å². The first-order chi connectivity index (χ1) is 14.1. The zero-order chi connectivity index (χ0) is 20.5. The van der Waals surface area contributed by atoms with Crippen molar-refractivity contribution in [3.8, 4) is 11.5 Å². The van der Waals surface area contributed by atoms with Crippen molar-refractivity contribution in [2.75, 3.05) is 13.2 Å². The van der Waals surface area contributed by atoms with Crippen LogP contribution in [-0.4, -0.2) is 28.8 Å². The van der Waals surface area contributed by atoms with Gasteiger partial charge in [-0.3, -0.25) is 9.48 Å². The molecule has 1 heterocycles. The molecule has 1 aromatic heterocycles. The van der Waals surface area contributed by atoms with E-state index in [0.717, 1.165) is 34.5 Å². The smallest absolute Gasteiger partial charge is 0.251 e. The van der Waals surface area contributed by atoms with E-state index in [1.54, 1.807) is 12.3 Å². The van der Waals surface area contributed by atoms with Gasteiger partial charge in [0.15, 0.2) is 0 Å². The molecule has 0 aliphatic heterocycles. The third kappa shape index (κ3) is 6.64. The SMILES string of the molecule is CCOc1ccc(OCc2cccc(C(=O)NCCCn3cc(Br)cn3)c2)cc1. The van der Waals surface area contributed by atoms with E-state index in [-0.39, 0.29) is 5.91 Å². The van der Waals surface area contributed by atoms with E-state index in [1.807, 2.05) is 60.3 Å². The fourth-order valence-electron chi connectivity index (χ4n) is 2.77. The molecule has 0 radical (unpaired) electrons. The Labute approximate surface area is 179 Å². The molecule has 6 nitrogen and oxygen atoms in total. The Morgan fingerprint density at radius 2 is 1.90 bits per heavy atom. The van der Waals surface area contributed by atoms with Crippen LogP contribution in [0.15, 0.2) is 65.4 Å². The van der Waals surface area contributed by atoms with E-state index >= 15 is 0 Å². The zero-order valence-electron chi connectivity index (χ0n) is 16.3. The van der Waals surface area contributed by atoms with E-state index in [9.17, 15) is 4.79 Å². The van der Waals surface area contributed by atoms with Crippen LogP contribution in [0.4, 0.5) is 0 Å². The Morgan fingerprint density at radius 3 is 2.59 bits per heavy atom. The van der Waals surface area contributed by atoms with Crippen molar-refractivity contribution in [2.45, 2.75) is 26.5 Å². The van der Waals surface area contributed by atoms with Crippen LogP contribution in [0.25, 0.3) is 0 Å². The molecule has 7 heteroatoms. The van der Waals surface area contributed by atoms with Crippen molar-refractivity contribution in [2.24, 2.45) is 0 Å². The number of benzene rings is 2. The first-order valence-corrected chi connectivity index (χ1v) is 10.3. The molecule has 1 amide bonds. The number of ether oxygens (including phenoxy) is 2. The number of aromatic nitrogens is 2. The van der Waals surface area contributed by atoms with Crippen LogP contribution < -0.4 is 14.8 Å². The van der Waals surface area contributed by atoms with Gasteiger partial charge in [-0.05, 0) is 71.2 Å². The van der Waals surface area contributed by atoms with Gasteiger partial charge in [0, 0.05) is 24.8 Å². The van der Waals surface area contributed by atoms with E-state index in [4.69, 9.17) is 9.47 Å². The molecule has 0 aliphatic rings. The molecule has 0 fully saturated rings. The molecule has 0 atom stereocenters. The highest BCUT2D eigenvalue weighted by atomic mass is 79.9. The van der Waals surface area contributed by atoms with Crippen LogP contribution in [0.5, 0.6) is 11.5 Å². The summed E-state index contributed by atoms with van der Waals surface area (Å²) >= 11 is 3.37. The van der Waals surface area contributed by atoms with Crippen molar-refractivity contribution >= 4 is 21.8 Å². The first-order valence-electron chi connectivity index (χ1n) is 9.55. The summed E-state index contributed by atoms with van der Waals surface area (Å²) in [6, 6.07) is 15.0. The second-order valence-electron chi connectivity index (χ2n) is 6.42. The van der Waals surface area contributed by atoms with Gasteiger partial charge in [-0.1, -0.05) is 12.1 Å². The first kappa shape index (κ1) is 20.9. The molecule has 3 aromatic rings. The summed E-state index contributed by atoms with van der Waals surface area (Å²) in [7, 11) is 0. The molecule has 0 saturated heterocycles. The molecule has 2 aromatic carbocycles. The summed E-state index contributed by atoms with van der Waals surface area (Å²) in [6.45, 7) is 4.32. The summed E-state index contributed by atoms with van der Waals surface area (Å²) in [6.07, 6.45) is 4.47. The monoisotopic (exact) mass is 457 g/mol. The van der Waals surface area contributed by atoms with Crippen LogP contribution >= 0.6 is 15.9 Å². The minimum Gasteiger partial charge on any atom is -0.494 e. The lowest BCUT2D eigenvalue weighted by Crippen LogP contribution is -2.25. The average molecular weight is 458 g/mol. The Morgan fingerprint density at radius 1 is 1.14 bits per heavy atom. The summed E-state index contributed by atoms with van der Waals surface area (Å²) in [4.78, 5) is 12.4. The number of hydrogen-bond donors (Lipinski definition) is 1. The zero-order valence-corrected chi connectivity index (χ0v) is 17.9.